The lowest BCUT2D eigenvalue weighted by Crippen LogP contribution is -2.23. The lowest BCUT2D eigenvalue weighted by atomic mass is 10.3. The molecular formula is C12H12BrFN2O3S. The second-order valence-corrected chi connectivity index (χ2v) is 6.56. The summed E-state index contributed by atoms with van der Waals surface area (Å²) in [5.41, 5.74) is 0. The molecule has 0 aliphatic rings. The summed E-state index contributed by atoms with van der Waals surface area (Å²) in [6.45, 7) is 1.84. The molecule has 0 saturated carbocycles. The number of aryl methyl sites for hydroxylation is 1. The summed E-state index contributed by atoms with van der Waals surface area (Å²) >= 11 is 3.03. The van der Waals surface area contributed by atoms with E-state index in [4.69, 9.17) is 4.42 Å². The number of oxazole rings is 1. The molecule has 8 heteroatoms. The van der Waals surface area contributed by atoms with Crippen LogP contribution in [0.25, 0.3) is 0 Å². The maximum atomic E-state index is 13.0. The average Bonchev–Trinajstić information content (AvgIpc) is 2.84. The van der Waals surface area contributed by atoms with E-state index >= 15 is 0 Å². The minimum Gasteiger partial charge on any atom is -0.444 e. The van der Waals surface area contributed by atoms with Gasteiger partial charge < -0.3 is 4.42 Å². The van der Waals surface area contributed by atoms with E-state index in [1.807, 2.05) is 6.92 Å². The maximum absolute atomic E-state index is 13.0. The Morgan fingerprint density at radius 1 is 1.45 bits per heavy atom. The number of hydrogen-bond donors (Lipinski definition) is 1. The monoisotopic (exact) mass is 362 g/mol. The zero-order valence-electron chi connectivity index (χ0n) is 10.6. The van der Waals surface area contributed by atoms with Crippen LogP contribution in [-0.2, 0) is 23.0 Å². The van der Waals surface area contributed by atoms with Gasteiger partial charge in [0.1, 0.15) is 11.6 Å². The molecular weight excluding hydrogens is 351 g/mol. The van der Waals surface area contributed by atoms with Crippen molar-refractivity contribution < 1.29 is 17.2 Å². The fourth-order valence-corrected chi connectivity index (χ4v) is 3.54. The van der Waals surface area contributed by atoms with Gasteiger partial charge in [-0.3, -0.25) is 0 Å². The largest absolute Gasteiger partial charge is 0.444 e. The zero-order chi connectivity index (χ0) is 14.8. The molecule has 0 aliphatic carbocycles. The first kappa shape index (κ1) is 15.1. The number of nitrogens with zero attached hydrogens (tertiary/aromatic N) is 1. The molecule has 20 heavy (non-hydrogen) atoms. The van der Waals surface area contributed by atoms with Gasteiger partial charge in [0.25, 0.3) is 0 Å². The van der Waals surface area contributed by atoms with Gasteiger partial charge in [-0.05, 0) is 34.1 Å². The van der Waals surface area contributed by atoms with E-state index in [0.29, 0.717) is 12.2 Å². The van der Waals surface area contributed by atoms with Crippen LogP contribution in [0.5, 0.6) is 0 Å². The van der Waals surface area contributed by atoms with Gasteiger partial charge in [-0.2, -0.15) is 0 Å². The molecule has 0 fully saturated rings. The maximum Gasteiger partial charge on any atom is 0.242 e. The highest BCUT2D eigenvalue weighted by Gasteiger charge is 2.18. The molecule has 0 amide bonds. The normalized spacial score (nSPS) is 11.8. The van der Waals surface area contributed by atoms with Crippen molar-refractivity contribution in [1.82, 2.24) is 9.71 Å². The van der Waals surface area contributed by atoms with Crippen molar-refractivity contribution in [2.75, 3.05) is 0 Å². The van der Waals surface area contributed by atoms with E-state index < -0.39 is 15.8 Å². The fraction of sp³-hybridized carbons (Fsp3) is 0.250. The molecule has 0 aliphatic heterocycles. The highest BCUT2D eigenvalue weighted by atomic mass is 79.9. The second kappa shape index (κ2) is 6.02. The predicted molar refractivity (Wildman–Crippen MR) is 74.0 cm³/mol. The van der Waals surface area contributed by atoms with Crippen LogP contribution in [0, 0.1) is 5.82 Å². The van der Waals surface area contributed by atoms with Gasteiger partial charge in [0.05, 0.1) is 17.6 Å². The molecule has 108 valence electrons. The topological polar surface area (TPSA) is 72.2 Å². The Morgan fingerprint density at radius 3 is 2.80 bits per heavy atom. The van der Waals surface area contributed by atoms with Crippen LogP contribution in [0.4, 0.5) is 4.39 Å². The lowest BCUT2D eigenvalue weighted by molar-refractivity contribution is 0.452. The van der Waals surface area contributed by atoms with Crippen LogP contribution < -0.4 is 4.72 Å². The summed E-state index contributed by atoms with van der Waals surface area (Å²) in [5, 5.41) is 0. The van der Waals surface area contributed by atoms with Crippen LogP contribution >= 0.6 is 15.9 Å². The second-order valence-electron chi connectivity index (χ2n) is 3.97. The Balaban J connectivity index is 2.14. The van der Waals surface area contributed by atoms with E-state index in [0.717, 1.165) is 12.1 Å². The van der Waals surface area contributed by atoms with Crippen molar-refractivity contribution in [2.45, 2.75) is 24.8 Å². The standard InChI is InChI=1S/C12H12BrFN2O3S/c1-2-9-6-15-12(19-9)7-16-20(17,18)11-4-3-8(14)5-10(11)13/h3-6,16H,2,7H2,1H3. The van der Waals surface area contributed by atoms with Crippen LogP contribution in [0.15, 0.2) is 38.2 Å². The Hall–Kier alpha value is -1.25. The van der Waals surface area contributed by atoms with Gasteiger partial charge in [-0.1, -0.05) is 6.92 Å². The van der Waals surface area contributed by atoms with Crippen LogP contribution in [0.2, 0.25) is 0 Å². The Morgan fingerprint density at radius 2 is 2.20 bits per heavy atom. The van der Waals surface area contributed by atoms with Crippen LogP contribution in [0.3, 0.4) is 0 Å². The van der Waals surface area contributed by atoms with Gasteiger partial charge >= 0.3 is 0 Å². The summed E-state index contributed by atoms with van der Waals surface area (Å²) in [4.78, 5) is 3.91. The van der Waals surface area contributed by atoms with E-state index in [-0.39, 0.29) is 21.8 Å². The SMILES string of the molecule is CCc1cnc(CNS(=O)(=O)c2ccc(F)cc2Br)o1. The molecule has 0 bridgehead atoms. The highest BCUT2D eigenvalue weighted by molar-refractivity contribution is 9.10. The van der Waals surface area contributed by atoms with Crippen molar-refractivity contribution in [3.63, 3.8) is 0 Å². The van der Waals surface area contributed by atoms with Crippen LogP contribution in [0.1, 0.15) is 18.6 Å². The number of sulfonamides is 1. The lowest BCUT2D eigenvalue weighted by Gasteiger charge is -2.07. The molecule has 5 nitrogen and oxygen atoms in total. The summed E-state index contributed by atoms with van der Waals surface area (Å²) in [6.07, 6.45) is 2.24. The van der Waals surface area contributed by atoms with Gasteiger partial charge in [-0.25, -0.2) is 22.5 Å². The van der Waals surface area contributed by atoms with Gasteiger partial charge in [-0.15, -0.1) is 0 Å². The highest BCUT2D eigenvalue weighted by Crippen LogP contribution is 2.22. The molecule has 1 N–H and O–H groups in total. The predicted octanol–water partition coefficient (Wildman–Crippen LogP) is 2.62. The average molecular weight is 363 g/mol. The molecule has 1 heterocycles. The minimum atomic E-state index is -3.77. The zero-order valence-corrected chi connectivity index (χ0v) is 13.0. The molecule has 0 atom stereocenters. The first-order chi connectivity index (χ1) is 9.42. The number of hydrogen-bond acceptors (Lipinski definition) is 4. The number of nitrogens with one attached hydrogen (secondary N) is 1. The molecule has 0 spiro atoms. The van der Waals surface area contributed by atoms with Crippen molar-refractivity contribution >= 4 is 26.0 Å². The summed E-state index contributed by atoms with van der Waals surface area (Å²) in [5.74, 6) is 0.446. The fourth-order valence-electron chi connectivity index (χ4n) is 1.52. The van der Waals surface area contributed by atoms with E-state index in [1.165, 1.54) is 6.07 Å². The van der Waals surface area contributed by atoms with Crippen molar-refractivity contribution in [1.29, 1.82) is 0 Å². The molecule has 2 aromatic rings. The van der Waals surface area contributed by atoms with Crippen molar-refractivity contribution in [3.8, 4) is 0 Å². The molecule has 1 aromatic heterocycles. The van der Waals surface area contributed by atoms with Crippen molar-refractivity contribution in [2.24, 2.45) is 0 Å². The molecule has 0 saturated heterocycles. The smallest absolute Gasteiger partial charge is 0.242 e. The third kappa shape index (κ3) is 3.44. The summed E-state index contributed by atoms with van der Waals surface area (Å²) < 4.78 is 44.9. The van der Waals surface area contributed by atoms with Gasteiger partial charge in [0.15, 0.2) is 0 Å². The van der Waals surface area contributed by atoms with Gasteiger partial charge in [0.2, 0.25) is 15.9 Å². The first-order valence-electron chi connectivity index (χ1n) is 5.80. The quantitative estimate of drug-likeness (QED) is 0.887. The summed E-state index contributed by atoms with van der Waals surface area (Å²) in [7, 11) is -3.77. The molecule has 0 radical (unpaired) electrons. The number of halogens is 2. The number of rotatable bonds is 5. The van der Waals surface area contributed by atoms with E-state index in [9.17, 15) is 12.8 Å². The summed E-state index contributed by atoms with van der Waals surface area (Å²) in [6, 6.07) is 3.36. The number of aromatic nitrogens is 1. The van der Waals surface area contributed by atoms with Crippen molar-refractivity contribution in [3.05, 3.63) is 46.3 Å². The third-order valence-corrected chi connectivity index (χ3v) is 4.92. The first-order valence-corrected chi connectivity index (χ1v) is 8.08. The Bertz CT molecular complexity index is 715. The van der Waals surface area contributed by atoms with Crippen LogP contribution in [-0.4, -0.2) is 13.4 Å². The third-order valence-electron chi connectivity index (χ3n) is 2.55. The minimum absolute atomic E-state index is 0.0406. The molecule has 0 unspecified atom stereocenters. The Labute approximate surface area is 124 Å². The van der Waals surface area contributed by atoms with E-state index in [1.54, 1.807) is 6.20 Å². The molecule has 1 aromatic carbocycles. The van der Waals surface area contributed by atoms with E-state index in [2.05, 4.69) is 25.6 Å². The van der Waals surface area contributed by atoms with Gasteiger partial charge in [0, 0.05) is 10.9 Å². The number of benzene rings is 1. The molecule has 2 rings (SSSR count). The Kier molecular flexibility index (Phi) is 4.56.